The van der Waals surface area contributed by atoms with E-state index in [4.69, 9.17) is 23.4 Å². The fourth-order valence-electron chi connectivity index (χ4n) is 8.16. The van der Waals surface area contributed by atoms with Crippen LogP contribution in [0.4, 0.5) is 0 Å². The van der Waals surface area contributed by atoms with E-state index >= 15 is 0 Å². The second-order valence-corrected chi connectivity index (χ2v) is 20.1. The first kappa shape index (κ1) is 36.4. The number of aliphatic hydroxyl groups excluding tert-OH is 2. The molecule has 8 heteroatoms. The van der Waals surface area contributed by atoms with E-state index in [0.29, 0.717) is 19.6 Å². The van der Waals surface area contributed by atoms with E-state index in [1.807, 2.05) is 37.3 Å². The van der Waals surface area contributed by atoms with Gasteiger partial charge in [0.1, 0.15) is 12.2 Å². The van der Waals surface area contributed by atoms with Crippen LogP contribution in [-0.2, 0) is 30.0 Å². The van der Waals surface area contributed by atoms with Crippen LogP contribution < -0.4 is 10.4 Å². The minimum atomic E-state index is -2.64. The number of rotatable bonds is 14. The molecule has 0 aliphatic carbocycles. The maximum atomic E-state index is 10.8. The zero-order valence-corrected chi connectivity index (χ0v) is 30.9. The molecular weight excluding hydrogens is 633 g/mol. The second-order valence-electron chi connectivity index (χ2n) is 15.8. The summed E-state index contributed by atoms with van der Waals surface area (Å²) >= 11 is 0. The summed E-state index contributed by atoms with van der Waals surface area (Å²) in [4.78, 5) is 0. The van der Waals surface area contributed by atoms with Crippen molar-refractivity contribution in [3.8, 4) is 0 Å². The molecule has 3 fully saturated rings. The van der Waals surface area contributed by atoms with Crippen LogP contribution >= 0.6 is 0 Å². The van der Waals surface area contributed by atoms with Gasteiger partial charge in [-0.15, -0.1) is 0 Å². The summed E-state index contributed by atoms with van der Waals surface area (Å²) < 4.78 is 32.7. The van der Waals surface area contributed by atoms with Crippen molar-refractivity contribution >= 4 is 18.7 Å². The van der Waals surface area contributed by atoms with Gasteiger partial charge in [-0.1, -0.05) is 119 Å². The maximum absolute atomic E-state index is 10.8. The smallest absolute Gasteiger partial charge is 0.261 e. The van der Waals surface area contributed by atoms with Crippen LogP contribution in [0.5, 0.6) is 0 Å². The van der Waals surface area contributed by atoms with Gasteiger partial charge in [-0.05, 0) is 47.2 Å². The molecule has 8 atom stereocenters. The number of epoxide rings is 1. The lowest BCUT2D eigenvalue weighted by atomic mass is 9.92. The predicted octanol–water partition coefficient (Wildman–Crippen LogP) is 6.13. The molecule has 3 aliphatic heterocycles. The van der Waals surface area contributed by atoms with Crippen molar-refractivity contribution in [2.75, 3.05) is 13.2 Å². The molecule has 6 rings (SSSR count). The third-order valence-corrected chi connectivity index (χ3v) is 15.9. The fraction of sp³-hybridized carbons (Fsp3) is 0.561. The molecule has 0 bridgehead atoms. The number of hydrogen-bond donors (Lipinski definition) is 2. The summed E-state index contributed by atoms with van der Waals surface area (Å²) in [7, 11) is -2.64. The van der Waals surface area contributed by atoms with E-state index in [1.165, 1.54) is 10.4 Å². The molecule has 3 saturated heterocycles. The third kappa shape index (κ3) is 8.08. The fourth-order valence-corrected chi connectivity index (χ4v) is 12.8. The summed E-state index contributed by atoms with van der Waals surface area (Å²) in [6.07, 6.45) is 2.72. The van der Waals surface area contributed by atoms with Crippen molar-refractivity contribution in [1.29, 1.82) is 0 Å². The van der Waals surface area contributed by atoms with Gasteiger partial charge in [-0.3, -0.25) is 0 Å². The van der Waals surface area contributed by atoms with E-state index in [9.17, 15) is 10.2 Å². The predicted molar refractivity (Wildman–Crippen MR) is 194 cm³/mol. The minimum Gasteiger partial charge on any atom is -0.407 e. The monoisotopic (exact) mass is 688 g/mol. The van der Waals surface area contributed by atoms with Crippen LogP contribution in [0, 0.1) is 5.92 Å². The third-order valence-electron chi connectivity index (χ3n) is 10.9. The first-order valence-corrected chi connectivity index (χ1v) is 20.1. The lowest BCUT2D eigenvalue weighted by molar-refractivity contribution is -0.280. The van der Waals surface area contributed by atoms with Gasteiger partial charge in [-0.25, -0.2) is 0 Å². The van der Waals surface area contributed by atoms with Crippen molar-refractivity contribution < 1.29 is 33.6 Å². The number of benzene rings is 3. The Morgan fingerprint density at radius 1 is 0.796 bits per heavy atom. The van der Waals surface area contributed by atoms with Gasteiger partial charge >= 0.3 is 0 Å². The highest BCUT2D eigenvalue weighted by Gasteiger charge is 2.61. The van der Waals surface area contributed by atoms with Gasteiger partial charge in [0.15, 0.2) is 5.79 Å². The van der Waals surface area contributed by atoms with Crippen LogP contribution in [0.2, 0.25) is 5.04 Å². The van der Waals surface area contributed by atoms with Crippen LogP contribution in [0.25, 0.3) is 0 Å². The van der Waals surface area contributed by atoms with Crippen LogP contribution in [0.15, 0.2) is 91.0 Å². The Balaban J connectivity index is 1.04. The number of hydrogen-bond acceptors (Lipinski definition) is 7. The van der Waals surface area contributed by atoms with Crippen LogP contribution in [-0.4, -0.2) is 73.7 Å². The molecule has 3 heterocycles. The molecule has 0 saturated carbocycles. The maximum Gasteiger partial charge on any atom is 0.261 e. The highest BCUT2D eigenvalue weighted by Crippen LogP contribution is 2.51. The SMILES string of the molecule is C[C@@H](CO[Si](c1ccccc1)(c1ccccc1)C(C)(C)C)[C@@H]1CCC[C@]2(CC[C@@H]([C@@H]3O[C@@]3(C)C[C@H](O)[C@H](O)COCc3ccccc3)O2)O1. The quantitative estimate of drug-likeness (QED) is 0.156. The summed E-state index contributed by atoms with van der Waals surface area (Å²) in [6.45, 7) is 12.3. The van der Waals surface area contributed by atoms with Gasteiger partial charge in [-0.2, -0.15) is 0 Å². The van der Waals surface area contributed by atoms with Crippen molar-refractivity contribution in [3.05, 3.63) is 96.6 Å². The highest BCUT2D eigenvalue weighted by molar-refractivity contribution is 6.99. The molecule has 3 aromatic rings. The number of ether oxygens (including phenoxy) is 4. The molecular formula is C41H56O7Si. The molecule has 49 heavy (non-hydrogen) atoms. The average molecular weight is 689 g/mol. The normalized spacial score (nSPS) is 29.1. The Labute approximate surface area is 294 Å². The Morgan fingerprint density at radius 3 is 2.02 bits per heavy atom. The molecule has 3 aliphatic rings. The topological polar surface area (TPSA) is 89.9 Å². The molecule has 266 valence electrons. The van der Waals surface area contributed by atoms with E-state index < -0.39 is 31.9 Å². The van der Waals surface area contributed by atoms with Crippen molar-refractivity contribution in [1.82, 2.24) is 0 Å². The molecule has 0 unspecified atom stereocenters. The Kier molecular flexibility index (Phi) is 11.2. The van der Waals surface area contributed by atoms with E-state index in [-0.39, 0.29) is 35.9 Å². The molecule has 7 nitrogen and oxygen atoms in total. The second kappa shape index (κ2) is 15.1. The zero-order valence-electron chi connectivity index (χ0n) is 29.9. The Morgan fingerprint density at radius 2 is 1.41 bits per heavy atom. The lowest BCUT2D eigenvalue weighted by Gasteiger charge is -2.45. The molecule has 1 spiro atoms. The largest absolute Gasteiger partial charge is 0.407 e. The first-order chi connectivity index (χ1) is 23.4. The van der Waals surface area contributed by atoms with Crippen molar-refractivity contribution in [3.63, 3.8) is 0 Å². The van der Waals surface area contributed by atoms with Crippen molar-refractivity contribution in [2.45, 2.75) is 127 Å². The van der Waals surface area contributed by atoms with E-state index in [0.717, 1.165) is 37.7 Å². The highest BCUT2D eigenvalue weighted by atomic mass is 28.4. The number of aliphatic hydroxyl groups is 2. The summed E-state index contributed by atoms with van der Waals surface area (Å²) in [6, 6.07) is 31.4. The zero-order chi connectivity index (χ0) is 34.7. The molecule has 3 aromatic carbocycles. The van der Waals surface area contributed by atoms with Gasteiger partial charge < -0.3 is 33.6 Å². The lowest BCUT2D eigenvalue weighted by Crippen LogP contribution is -2.67. The Bertz CT molecular complexity index is 1430. The van der Waals surface area contributed by atoms with Gasteiger partial charge in [0.25, 0.3) is 8.32 Å². The first-order valence-electron chi connectivity index (χ1n) is 18.2. The van der Waals surface area contributed by atoms with Crippen molar-refractivity contribution in [2.24, 2.45) is 5.92 Å². The molecule has 0 radical (unpaired) electrons. The summed E-state index contributed by atoms with van der Waals surface area (Å²) in [5.41, 5.74) is 0.475. The molecule has 0 aromatic heterocycles. The average Bonchev–Trinajstić information content (AvgIpc) is 3.60. The summed E-state index contributed by atoms with van der Waals surface area (Å²) in [5.74, 6) is -0.431. The van der Waals surface area contributed by atoms with E-state index in [2.05, 4.69) is 88.4 Å². The van der Waals surface area contributed by atoms with E-state index in [1.54, 1.807) is 0 Å². The van der Waals surface area contributed by atoms with Gasteiger partial charge in [0.05, 0.1) is 37.1 Å². The molecule has 2 N–H and O–H groups in total. The standard InChI is InChI=1S/C41H56O7Si/c1-30(27-45-49(39(2,3)4,32-18-11-7-12-19-32)33-20-13-8-14-21-33)36-22-15-24-41(46-36)25-23-37(47-41)38-40(5,48-38)26-34(42)35(43)29-44-28-31-16-9-6-10-17-31/h6-14,16-21,30,34-38,42-43H,15,22-29H2,1-5H3/t30-,34-,35+,36-,37-,38-,40-,41-/m0/s1. The van der Waals surface area contributed by atoms with Gasteiger partial charge in [0, 0.05) is 31.8 Å². The van der Waals surface area contributed by atoms with Crippen LogP contribution in [0.3, 0.4) is 0 Å². The van der Waals surface area contributed by atoms with Gasteiger partial charge in [0.2, 0.25) is 0 Å². The van der Waals surface area contributed by atoms with Crippen LogP contribution in [0.1, 0.15) is 78.7 Å². The minimum absolute atomic E-state index is 0.0325. The summed E-state index contributed by atoms with van der Waals surface area (Å²) in [5, 5.41) is 23.9. The Hall–Kier alpha value is -2.40. The molecule has 0 amide bonds.